The summed E-state index contributed by atoms with van der Waals surface area (Å²) < 4.78 is 10.8. The minimum atomic E-state index is -0.187. The van der Waals surface area contributed by atoms with Gasteiger partial charge in [0.2, 0.25) is 0 Å². The van der Waals surface area contributed by atoms with Crippen LogP contribution in [-0.2, 0) is 9.47 Å². The highest BCUT2D eigenvalue weighted by Crippen LogP contribution is 2.13. The van der Waals surface area contributed by atoms with E-state index in [1.54, 1.807) is 7.11 Å². The van der Waals surface area contributed by atoms with Crippen molar-refractivity contribution < 1.29 is 9.47 Å². The summed E-state index contributed by atoms with van der Waals surface area (Å²) >= 11 is 0. The van der Waals surface area contributed by atoms with Crippen LogP contribution in [0.5, 0.6) is 0 Å². The molecule has 6 heteroatoms. The number of hydrogen-bond donors (Lipinski definition) is 1. The molecule has 1 rings (SSSR count). The van der Waals surface area contributed by atoms with Gasteiger partial charge in [0.15, 0.2) is 5.96 Å². The van der Waals surface area contributed by atoms with Gasteiger partial charge in [-0.25, -0.2) is 0 Å². The summed E-state index contributed by atoms with van der Waals surface area (Å²) in [6.45, 7) is 7.58. The standard InChI is InChI=1S/C13H27N3O2.HI/c1-13(2,17-5)10-15-12(14-3)16(4)8-11-6-7-18-9-11;/h11H,6-10H2,1-5H3,(H,14,15);1H. The van der Waals surface area contributed by atoms with Crippen LogP contribution in [0.3, 0.4) is 0 Å². The van der Waals surface area contributed by atoms with Gasteiger partial charge in [-0.05, 0) is 20.3 Å². The Labute approximate surface area is 134 Å². The smallest absolute Gasteiger partial charge is 0.193 e. The zero-order valence-corrected chi connectivity index (χ0v) is 15.1. The molecule has 1 N–H and O–H groups in total. The lowest BCUT2D eigenvalue weighted by atomic mass is 10.1. The first-order valence-corrected chi connectivity index (χ1v) is 6.53. The second kappa shape index (κ2) is 8.97. The third-order valence-electron chi connectivity index (χ3n) is 3.35. The summed E-state index contributed by atoms with van der Waals surface area (Å²) in [7, 11) is 5.60. The molecular formula is C13H28IN3O2. The average Bonchev–Trinajstić information content (AvgIpc) is 2.82. The fourth-order valence-electron chi connectivity index (χ4n) is 1.95. The van der Waals surface area contributed by atoms with E-state index in [1.807, 2.05) is 7.05 Å². The van der Waals surface area contributed by atoms with Gasteiger partial charge < -0.3 is 19.7 Å². The number of hydrogen-bond acceptors (Lipinski definition) is 3. The largest absolute Gasteiger partial charge is 0.381 e. The van der Waals surface area contributed by atoms with Gasteiger partial charge in [-0.15, -0.1) is 24.0 Å². The van der Waals surface area contributed by atoms with Crippen molar-refractivity contribution in [3.8, 4) is 0 Å². The van der Waals surface area contributed by atoms with Crippen molar-refractivity contribution in [2.75, 3.05) is 47.5 Å². The minimum absolute atomic E-state index is 0. The normalized spacial score (nSPS) is 20.1. The van der Waals surface area contributed by atoms with E-state index < -0.39 is 0 Å². The molecule has 0 saturated carbocycles. The Balaban J connectivity index is 0.00000324. The lowest BCUT2D eigenvalue weighted by molar-refractivity contribution is 0.0264. The molecular weight excluding hydrogens is 357 g/mol. The average molecular weight is 385 g/mol. The molecule has 1 heterocycles. The van der Waals surface area contributed by atoms with Crippen molar-refractivity contribution in [1.82, 2.24) is 10.2 Å². The van der Waals surface area contributed by atoms with Gasteiger partial charge in [0.25, 0.3) is 0 Å². The van der Waals surface area contributed by atoms with E-state index >= 15 is 0 Å². The van der Waals surface area contributed by atoms with Gasteiger partial charge in [0.1, 0.15) is 0 Å². The van der Waals surface area contributed by atoms with Crippen molar-refractivity contribution in [1.29, 1.82) is 0 Å². The molecule has 1 atom stereocenters. The molecule has 114 valence electrons. The Kier molecular flexibility index (Phi) is 8.93. The van der Waals surface area contributed by atoms with Crippen molar-refractivity contribution in [3.63, 3.8) is 0 Å². The fourth-order valence-corrected chi connectivity index (χ4v) is 1.95. The van der Waals surface area contributed by atoms with E-state index in [0.29, 0.717) is 5.92 Å². The zero-order chi connectivity index (χ0) is 13.6. The van der Waals surface area contributed by atoms with E-state index in [0.717, 1.165) is 38.7 Å². The van der Waals surface area contributed by atoms with Crippen LogP contribution in [-0.4, -0.2) is 64.0 Å². The Bertz CT molecular complexity index is 279. The zero-order valence-electron chi connectivity index (χ0n) is 12.7. The highest BCUT2D eigenvalue weighted by Gasteiger charge is 2.21. The molecule has 1 aliphatic heterocycles. The Morgan fingerprint density at radius 1 is 1.53 bits per heavy atom. The molecule has 0 radical (unpaired) electrons. The fraction of sp³-hybridized carbons (Fsp3) is 0.923. The van der Waals surface area contributed by atoms with Gasteiger partial charge >= 0.3 is 0 Å². The number of methoxy groups -OCH3 is 1. The third-order valence-corrected chi connectivity index (χ3v) is 3.35. The van der Waals surface area contributed by atoms with Crippen LogP contribution < -0.4 is 5.32 Å². The molecule has 1 unspecified atom stereocenters. The maximum atomic E-state index is 5.40. The van der Waals surface area contributed by atoms with Crippen LogP contribution in [0.2, 0.25) is 0 Å². The predicted molar refractivity (Wildman–Crippen MR) is 89.4 cm³/mol. The van der Waals surface area contributed by atoms with Crippen LogP contribution >= 0.6 is 24.0 Å². The second-order valence-electron chi connectivity index (χ2n) is 5.47. The number of guanidine groups is 1. The van der Waals surface area contributed by atoms with Gasteiger partial charge in [0.05, 0.1) is 12.2 Å². The second-order valence-corrected chi connectivity index (χ2v) is 5.47. The maximum Gasteiger partial charge on any atom is 0.193 e. The molecule has 0 aliphatic carbocycles. The van der Waals surface area contributed by atoms with Crippen molar-refractivity contribution in [2.45, 2.75) is 25.9 Å². The molecule has 19 heavy (non-hydrogen) atoms. The van der Waals surface area contributed by atoms with Crippen molar-refractivity contribution in [3.05, 3.63) is 0 Å². The summed E-state index contributed by atoms with van der Waals surface area (Å²) in [6, 6.07) is 0. The van der Waals surface area contributed by atoms with Gasteiger partial charge in [0, 0.05) is 46.8 Å². The molecule has 5 nitrogen and oxygen atoms in total. The van der Waals surface area contributed by atoms with E-state index in [1.165, 1.54) is 0 Å². The minimum Gasteiger partial charge on any atom is -0.381 e. The monoisotopic (exact) mass is 385 g/mol. The molecule has 0 aromatic rings. The Hall–Kier alpha value is -0.0800. The lowest BCUT2D eigenvalue weighted by Gasteiger charge is -2.28. The first-order valence-electron chi connectivity index (χ1n) is 6.53. The highest BCUT2D eigenvalue weighted by atomic mass is 127. The van der Waals surface area contributed by atoms with Crippen molar-refractivity contribution in [2.24, 2.45) is 10.9 Å². The van der Waals surface area contributed by atoms with Crippen LogP contribution in [0.25, 0.3) is 0 Å². The van der Waals surface area contributed by atoms with E-state index in [2.05, 4.69) is 36.1 Å². The Morgan fingerprint density at radius 3 is 2.68 bits per heavy atom. The maximum absolute atomic E-state index is 5.40. The topological polar surface area (TPSA) is 46.1 Å². The summed E-state index contributed by atoms with van der Waals surface area (Å²) in [6.07, 6.45) is 1.14. The molecule has 0 amide bonds. The van der Waals surface area contributed by atoms with Crippen LogP contribution in [0.4, 0.5) is 0 Å². The number of nitrogens with one attached hydrogen (secondary N) is 1. The quantitative estimate of drug-likeness (QED) is 0.444. The molecule has 1 aliphatic rings. The molecule has 0 aromatic carbocycles. The first kappa shape index (κ1) is 18.9. The third kappa shape index (κ3) is 6.76. The van der Waals surface area contributed by atoms with Crippen LogP contribution in [0.15, 0.2) is 4.99 Å². The molecule has 0 spiro atoms. The summed E-state index contributed by atoms with van der Waals surface area (Å²) in [5, 5.41) is 3.34. The first-order chi connectivity index (χ1) is 8.48. The predicted octanol–water partition coefficient (Wildman–Crippen LogP) is 1.57. The number of halogens is 1. The van der Waals surface area contributed by atoms with Crippen molar-refractivity contribution >= 4 is 29.9 Å². The number of nitrogens with zero attached hydrogens (tertiary/aromatic N) is 2. The number of rotatable bonds is 5. The lowest BCUT2D eigenvalue weighted by Crippen LogP contribution is -2.47. The van der Waals surface area contributed by atoms with E-state index in [9.17, 15) is 0 Å². The molecule has 1 saturated heterocycles. The molecule has 1 fully saturated rings. The van der Waals surface area contributed by atoms with Crippen LogP contribution in [0, 0.1) is 5.92 Å². The van der Waals surface area contributed by atoms with Gasteiger partial charge in [-0.3, -0.25) is 4.99 Å². The van der Waals surface area contributed by atoms with Crippen LogP contribution in [0.1, 0.15) is 20.3 Å². The summed E-state index contributed by atoms with van der Waals surface area (Å²) in [5.74, 6) is 1.52. The molecule has 0 bridgehead atoms. The molecule has 0 aromatic heterocycles. The van der Waals surface area contributed by atoms with Gasteiger partial charge in [-0.2, -0.15) is 0 Å². The van der Waals surface area contributed by atoms with E-state index in [4.69, 9.17) is 9.47 Å². The van der Waals surface area contributed by atoms with Gasteiger partial charge in [-0.1, -0.05) is 0 Å². The summed E-state index contributed by atoms with van der Waals surface area (Å²) in [4.78, 5) is 6.46. The van der Waals surface area contributed by atoms with E-state index in [-0.39, 0.29) is 29.6 Å². The number of ether oxygens (including phenoxy) is 2. The summed E-state index contributed by atoms with van der Waals surface area (Å²) in [5.41, 5.74) is -0.187. The SMILES string of the molecule is CN=C(NCC(C)(C)OC)N(C)CC1CCOC1.I. The Morgan fingerprint density at radius 2 is 2.21 bits per heavy atom. The number of aliphatic imine (C=N–C) groups is 1. The highest BCUT2D eigenvalue weighted by molar-refractivity contribution is 14.0.